The van der Waals surface area contributed by atoms with Crippen molar-refractivity contribution in [2.45, 2.75) is 31.4 Å². The molecule has 1 aromatic rings. The molecule has 1 aliphatic heterocycles. The fraction of sp³-hybridized carbons (Fsp3) is 0.556. The number of likely N-dealkylation sites (N-methyl/N-ethyl adjacent to an activating group) is 1. The van der Waals surface area contributed by atoms with E-state index in [2.05, 4.69) is 31.2 Å². The number of carbonyl (C=O) groups excluding carboxylic acids is 2. The molecule has 2 amide bonds. The number of carbonyl (C=O) groups is 2. The predicted octanol–water partition coefficient (Wildman–Crippen LogP) is 2.45. The minimum atomic E-state index is -0.0546. The Morgan fingerprint density at radius 2 is 2.00 bits per heavy atom. The van der Waals surface area contributed by atoms with E-state index in [1.165, 1.54) is 12.7 Å². The van der Waals surface area contributed by atoms with E-state index in [9.17, 15) is 9.59 Å². The summed E-state index contributed by atoms with van der Waals surface area (Å²) in [5, 5.41) is -0.0367. The largest absolute Gasteiger partial charge is 0.375 e. The molecule has 2 rings (SSSR count). The van der Waals surface area contributed by atoms with Crippen molar-refractivity contribution in [1.29, 1.82) is 0 Å². The zero-order valence-corrected chi connectivity index (χ0v) is 15.6. The number of hydrogen-bond donors (Lipinski definition) is 0. The van der Waals surface area contributed by atoms with Crippen molar-refractivity contribution in [3.8, 4) is 0 Å². The molecule has 1 aliphatic rings. The summed E-state index contributed by atoms with van der Waals surface area (Å²) < 4.78 is 4.92. The first-order chi connectivity index (χ1) is 11.5. The van der Waals surface area contributed by atoms with Crippen LogP contribution in [0.3, 0.4) is 0 Å². The number of amides is 2. The third kappa shape index (κ3) is 4.30. The highest BCUT2D eigenvalue weighted by atomic mass is 32.2. The molecule has 0 aliphatic carbocycles. The molecule has 1 heterocycles. The summed E-state index contributed by atoms with van der Waals surface area (Å²) in [7, 11) is 1.52. The van der Waals surface area contributed by atoms with Crippen molar-refractivity contribution in [3.63, 3.8) is 0 Å². The first-order valence-corrected chi connectivity index (χ1v) is 9.21. The van der Waals surface area contributed by atoms with Crippen LogP contribution in [0, 0.1) is 6.92 Å². The number of hydrogen-bond acceptors (Lipinski definition) is 4. The van der Waals surface area contributed by atoms with E-state index in [0.29, 0.717) is 19.6 Å². The number of rotatable bonds is 7. The summed E-state index contributed by atoms with van der Waals surface area (Å²) in [5.74, 6) is 0.0973. The van der Waals surface area contributed by atoms with E-state index < -0.39 is 0 Å². The Balaban J connectivity index is 2.08. The molecular formula is C18H26N2O3S. The second kappa shape index (κ2) is 8.53. The van der Waals surface area contributed by atoms with Gasteiger partial charge in [-0.1, -0.05) is 29.8 Å². The van der Waals surface area contributed by atoms with Crippen molar-refractivity contribution in [2.24, 2.45) is 0 Å². The maximum absolute atomic E-state index is 12.5. The third-order valence-corrected chi connectivity index (χ3v) is 5.62. The van der Waals surface area contributed by atoms with Gasteiger partial charge in [0.2, 0.25) is 11.8 Å². The maximum Gasteiger partial charge on any atom is 0.248 e. The summed E-state index contributed by atoms with van der Waals surface area (Å²) in [4.78, 5) is 28.2. The zero-order chi connectivity index (χ0) is 17.7. The lowest BCUT2D eigenvalue weighted by Crippen LogP contribution is -2.41. The van der Waals surface area contributed by atoms with Crippen LogP contribution in [0.1, 0.15) is 30.3 Å². The summed E-state index contributed by atoms with van der Waals surface area (Å²) in [6, 6.07) is 8.31. The summed E-state index contributed by atoms with van der Waals surface area (Å²) in [5.41, 5.74) is 2.34. The molecule has 0 N–H and O–H groups in total. The SMILES string of the molecule is CCN(CCN1C(=O)[C@H](C)S[C@@H]1c1ccc(C)cc1)C(=O)COC. The van der Waals surface area contributed by atoms with E-state index in [-0.39, 0.29) is 29.0 Å². The average Bonchev–Trinajstić information content (AvgIpc) is 2.84. The lowest BCUT2D eigenvalue weighted by atomic mass is 10.1. The smallest absolute Gasteiger partial charge is 0.248 e. The first kappa shape index (κ1) is 18.8. The molecule has 24 heavy (non-hydrogen) atoms. The molecule has 1 aromatic carbocycles. The van der Waals surface area contributed by atoms with Gasteiger partial charge in [-0.15, -0.1) is 11.8 Å². The summed E-state index contributed by atoms with van der Waals surface area (Å²) in [6.07, 6.45) is 0. The van der Waals surface area contributed by atoms with Crippen LogP contribution in [0.25, 0.3) is 0 Å². The van der Waals surface area contributed by atoms with Gasteiger partial charge in [0.05, 0.1) is 5.25 Å². The fourth-order valence-corrected chi connectivity index (χ4v) is 4.10. The Morgan fingerprint density at radius 1 is 1.33 bits per heavy atom. The number of thioether (sulfide) groups is 1. The van der Waals surface area contributed by atoms with Gasteiger partial charge in [0.1, 0.15) is 12.0 Å². The van der Waals surface area contributed by atoms with E-state index in [1.54, 1.807) is 16.7 Å². The van der Waals surface area contributed by atoms with Crippen LogP contribution in [0.4, 0.5) is 0 Å². The second-order valence-electron chi connectivity index (χ2n) is 5.98. The summed E-state index contributed by atoms with van der Waals surface area (Å²) >= 11 is 1.67. The van der Waals surface area contributed by atoms with E-state index >= 15 is 0 Å². The molecule has 132 valence electrons. The number of methoxy groups -OCH3 is 1. The molecule has 0 unspecified atom stereocenters. The van der Waals surface area contributed by atoms with Gasteiger partial charge >= 0.3 is 0 Å². The van der Waals surface area contributed by atoms with Crippen LogP contribution in [-0.4, -0.2) is 60.2 Å². The van der Waals surface area contributed by atoms with Crippen LogP contribution in [-0.2, 0) is 14.3 Å². The monoisotopic (exact) mass is 350 g/mol. The van der Waals surface area contributed by atoms with Gasteiger partial charge in [-0.05, 0) is 26.3 Å². The summed E-state index contributed by atoms with van der Waals surface area (Å²) in [6.45, 7) is 7.70. The average molecular weight is 350 g/mol. The molecule has 1 saturated heterocycles. The Kier molecular flexibility index (Phi) is 6.69. The van der Waals surface area contributed by atoms with E-state index in [1.807, 2.05) is 18.7 Å². The van der Waals surface area contributed by atoms with Gasteiger partial charge in [0.15, 0.2) is 0 Å². The standard InChI is InChI=1S/C18H26N2O3S/c1-5-19(16(21)12-23-4)10-11-20-17(22)14(3)24-18(20)15-8-6-13(2)7-9-15/h6-9,14,18H,5,10-12H2,1-4H3/t14-,18+/m0/s1. The topological polar surface area (TPSA) is 49.9 Å². The van der Waals surface area contributed by atoms with Crippen molar-refractivity contribution >= 4 is 23.6 Å². The van der Waals surface area contributed by atoms with Gasteiger partial charge < -0.3 is 14.5 Å². The lowest BCUT2D eigenvalue weighted by molar-refractivity contribution is -0.137. The maximum atomic E-state index is 12.5. The van der Waals surface area contributed by atoms with Crippen molar-refractivity contribution in [2.75, 3.05) is 33.4 Å². The Labute approximate surface area is 148 Å². The fourth-order valence-electron chi connectivity index (χ4n) is 2.79. The highest BCUT2D eigenvalue weighted by Gasteiger charge is 2.38. The molecular weight excluding hydrogens is 324 g/mol. The van der Waals surface area contributed by atoms with Gasteiger partial charge in [-0.2, -0.15) is 0 Å². The molecule has 6 heteroatoms. The van der Waals surface area contributed by atoms with Gasteiger partial charge in [-0.25, -0.2) is 0 Å². The van der Waals surface area contributed by atoms with Crippen molar-refractivity contribution in [3.05, 3.63) is 35.4 Å². The Bertz CT molecular complexity index is 576. The quantitative estimate of drug-likeness (QED) is 0.758. The van der Waals surface area contributed by atoms with Gasteiger partial charge in [-0.3, -0.25) is 9.59 Å². The van der Waals surface area contributed by atoms with Gasteiger partial charge in [0, 0.05) is 26.7 Å². The minimum Gasteiger partial charge on any atom is -0.375 e. The van der Waals surface area contributed by atoms with Gasteiger partial charge in [0.25, 0.3) is 0 Å². The molecule has 0 aromatic heterocycles. The van der Waals surface area contributed by atoms with Crippen LogP contribution in [0.15, 0.2) is 24.3 Å². The normalized spacial score (nSPS) is 20.5. The highest BCUT2D eigenvalue weighted by molar-refractivity contribution is 8.01. The molecule has 2 atom stereocenters. The number of ether oxygens (including phenoxy) is 1. The van der Waals surface area contributed by atoms with E-state index in [0.717, 1.165) is 5.56 Å². The minimum absolute atomic E-state index is 0.0179. The molecule has 0 radical (unpaired) electrons. The number of nitrogens with zero attached hydrogens (tertiary/aromatic N) is 2. The van der Waals surface area contributed by atoms with Crippen LogP contribution in [0.2, 0.25) is 0 Å². The van der Waals surface area contributed by atoms with Crippen LogP contribution in [0.5, 0.6) is 0 Å². The molecule has 5 nitrogen and oxygen atoms in total. The van der Waals surface area contributed by atoms with Crippen LogP contribution >= 0.6 is 11.8 Å². The molecule has 0 spiro atoms. The molecule has 0 saturated carbocycles. The molecule has 1 fully saturated rings. The third-order valence-electron chi connectivity index (χ3n) is 4.22. The van der Waals surface area contributed by atoms with Crippen LogP contribution < -0.4 is 0 Å². The molecule has 0 bridgehead atoms. The Morgan fingerprint density at radius 3 is 2.58 bits per heavy atom. The number of aryl methyl sites for hydroxylation is 1. The lowest BCUT2D eigenvalue weighted by Gasteiger charge is -2.28. The van der Waals surface area contributed by atoms with E-state index in [4.69, 9.17) is 4.74 Å². The second-order valence-corrected chi connectivity index (χ2v) is 7.41. The zero-order valence-electron chi connectivity index (χ0n) is 14.8. The highest BCUT2D eigenvalue weighted by Crippen LogP contribution is 2.42. The van der Waals surface area contributed by atoms with Crippen molar-refractivity contribution in [1.82, 2.24) is 9.80 Å². The van der Waals surface area contributed by atoms with Crippen molar-refractivity contribution < 1.29 is 14.3 Å². The first-order valence-electron chi connectivity index (χ1n) is 8.27. The predicted molar refractivity (Wildman–Crippen MR) is 96.8 cm³/mol. The Hall–Kier alpha value is -1.53. The number of benzene rings is 1.